The summed E-state index contributed by atoms with van der Waals surface area (Å²) in [6.07, 6.45) is 5.72. The Kier molecular flexibility index (Phi) is 3.13. The average Bonchev–Trinajstić information content (AvgIpc) is 2.80. The molecule has 17 heavy (non-hydrogen) atoms. The van der Waals surface area contributed by atoms with Gasteiger partial charge in [-0.2, -0.15) is 0 Å². The second-order valence-electron chi connectivity index (χ2n) is 7.50. The first kappa shape index (κ1) is 12.7. The van der Waals surface area contributed by atoms with E-state index < -0.39 is 0 Å². The summed E-state index contributed by atoms with van der Waals surface area (Å²) in [5.74, 6) is 0. The molecule has 0 aromatic heterocycles. The number of carbonyl (C=O) groups is 1. The molecule has 0 aromatic rings. The van der Waals surface area contributed by atoms with E-state index >= 15 is 0 Å². The molecule has 2 aliphatic rings. The third kappa shape index (κ3) is 3.90. The second kappa shape index (κ2) is 4.18. The number of carbonyl (C=O) groups excluding carboxylic acids is 1. The van der Waals surface area contributed by atoms with Crippen LogP contribution in [0.15, 0.2) is 0 Å². The molecule has 3 heteroatoms. The van der Waals surface area contributed by atoms with Crippen molar-refractivity contribution in [3.8, 4) is 0 Å². The highest BCUT2D eigenvalue weighted by Crippen LogP contribution is 2.45. The minimum Gasteiger partial charge on any atom is -0.335 e. The van der Waals surface area contributed by atoms with E-state index in [2.05, 4.69) is 38.3 Å². The lowest BCUT2D eigenvalue weighted by Crippen LogP contribution is -2.49. The van der Waals surface area contributed by atoms with Gasteiger partial charge < -0.3 is 10.6 Å². The van der Waals surface area contributed by atoms with Gasteiger partial charge in [0.1, 0.15) is 0 Å². The fraction of sp³-hybridized carbons (Fsp3) is 0.929. The zero-order valence-electron chi connectivity index (χ0n) is 11.6. The van der Waals surface area contributed by atoms with Crippen LogP contribution in [0.1, 0.15) is 59.8 Å². The van der Waals surface area contributed by atoms with Gasteiger partial charge >= 0.3 is 6.03 Å². The van der Waals surface area contributed by atoms with Crippen LogP contribution >= 0.6 is 0 Å². The Balaban J connectivity index is 1.88. The Morgan fingerprint density at radius 1 is 0.941 bits per heavy atom. The molecule has 0 saturated heterocycles. The molecule has 3 nitrogen and oxygen atoms in total. The van der Waals surface area contributed by atoms with E-state index in [1.807, 2.05) is 0 Å². The number of urea groups is 1. The molecule has 0 atom stereocenters. The van der Waals surface area contributed by atoms with E-state index in [1.165, 1.54) is 6.42 Å². The summed E-state index contributed by atoms with van der Waals surface area (Å²) in [4.78, 5) is 11.8. The zero-order chi connectivity index (χ0) is 12.7. The van der Waals surface area contributed by atoms with E-state index in [-0.39, 0.29) is 6.03 Å². The SMILES string of the molecule is CC1(C)CC(NC(=O)NC2CC2)CC(C)(C)C1. The number of hydrogen-bond donors (Lipinski definition) is 2. The molecule has 2 N–H and O–H groups in total. The van der Waals surface area contributed by atoms with Crippen molar-refractivity contribution in [2.24, 2.45) is 10.8 Å². The number of nitrogens with one attached hydrogen (secondary N) is 2. The molecule has 0 unspecified atom stereocenters. The Morgan fingerprint density at radius 2 is 1.41 bits per heavy atom. The van der Waals surface area contributed by atoms with Crippen LogP contribution < -0.4 is 10.6 Å². The topological polar surface area (TPSA) is 41.1 Å². The Hall–Kier alpha value is -0.730. The Morgan fingerprint density at radius 3 is 1.88 bits per heavy atom. The Labute approximate surface area is 105 Å². The van der Waals surface area contributed by atoms with Crippen LogP contribution in [-0.4, -0.2) is 18.1 Å². The molecular formula is C14H26N2O. The van der Waals surface area contributed by atoms with Crippen molar-refractivity contribution < 1.29 is 4.79 Å². The number of rotatable bonds is 2. The summed E-state index contributed by atoms with van der Waals surface area (Å²) in [6, 6.07) is 0.804. The molecule has 98 valence electrons. The maximum absolute atomic E-state index is 11.8. The van der Waals surface area contributed by atoms with Crippen LogP contribution in [0.3, 0.4) is 0 Å². The molecular weight excluding hydrogens is 212 g/mol. The molecule has 2 saturated carbocycles. The van der Waals surface area contributed by atoms with Crippen molar-refractivity contribution >= 4 is 6.03 Å². The molecule has 2 fully saturated rings. The lowest BCUT2D eigenvalue weighted by Gasteiger charge is -2.45. The normalized spacial score (nSPS) is 27.5. The molecule has 0 spiro atoms. The third-order valence-electron chi connectivity index (χ3n) is 3.80. The molecule has 0 heterocycles. The van der Waals surface area contributed by atoms with E-state index in [0.717, 1.165) is 25.7 Å². The highest BCUT2D eigenvalue weighted by Gasteiger charge is 2.39. The van der Waals surface area contributed by atoms with Gasteiger partial charge in [-0.05, 0) is 42.9 Å². The lowest BCUT2D eigenvalue weighted by molar-refractivity contribution is 0.0883. The lowest BCUT2D eigenvalue weighted by atomic mass is 9.63. The maximum atomic E-state index is 11.8. The standard InChI is InChI=1S/C14H26N2O/c1-13(2)7-11(8-14(3,4)9-13)16-12(17)15-10-5-6-10/h10-11H,5-9H2,1-4H3,(H2,15,16,17). The molecule has 0 bridgehead atoms. The first-order valence-corrected chi connectivity index (χ1v) is 6.83. The van der Waals surface area contributed by atoms with Crippen molar-refractivity contribution in [3.05, 3.63) is 0 Å². The quantitative estimate of drug-likeness (QED) is 0.762. The van der Waals surface area contributed by atoms with Crippen molar-refractivity contribution in [2.45, 2.75) is 71.9 Å². The maximum Gasteiger partial charge on any atom is 0.315 e. The van der Waals surface area contributed by atoms with Gasteiger partial charge in [0.25, 0.3) is 0 Å². The van der Waals surface area contributed by atoms with Crippen LogP contribution in [0.2, 0.25) is 0 Å². The van der Waals surface area contributed by atoms with Crippen LogP contribution in [0.25, 0.3) is 0 Å². The largest absolute Gasteiger partial charge is 0.335 e. The predicted molar refractivity (Wildman–Crippen MR) is 69.9 cm³/mol. The van der Waals surface area contributed by atoms with E-state index in [0.29, 0.717) is 22.9 Å². The highest BCUT2D eigenvalue weighted by molar-refractivity contribution is 5.74. The molecule has 2 aliphatic carbocycles. The van der Waals surface area contributed by atoms with E-state index in [9.17, 15) is 4.79 Å². The summed E-state index contributed by atoms with van der Waals surface area (Å²) in [6.45, 7) is 9.23. The van der Waals surface area contributed by atoms with Crippen LogP contribution in [0.5, 0.6) is 0 Å². The van der Waals surface area contributed by atoms with Crippen molar-refractivity contribution in [2.75, 3.05) is 0 Å². The van der Waals surface area contributed by atoms with Gasteiger partial charge in [0, 0.05) is 12.1 Å². The van der Waals surface area contributed by atoms with Crippen molar-refractivity contribution in [3.63, 3.8) is 0 Å². The van der Waals surface area contributed by atoms with Gasteiger partial charge in [0.15, 0.2) is 0 Å². The average molecular weight is 238 g/mol. The van der Waals surface area contributed by atoms with Crippen molar-refractivity contribution in [1.82, 2.24) is 10.6 Å². The second-order valence-corrected chi connectivity index (χ2v) is 7.50. The van der Waals surface area contributed by atoms with Gasteiger partial charge in [-0.3, -0.25) is 0 Å². The minimum atomic E-state index is 0.0333. The van der Waals surface area contributed by atoms with E-state index in [1.54, 1.807) is 0 Å². The zero-order valence-corrected chi connectivity index (χ0v) is 11.6. The number of hydrogen-bond acceptors (Lipinski definition) is 1. The van der Waals surface area contributed by atoms with Gasteiger partial charge in [-0.15, -0.1) is 0 Å². The highest BCUT2D eigenvalue weighted by atomic mass is 16.2. The van der Waals surface area contributed by atoms with Crippen LogP contribution in [-0.2, 0) is 0 Å². The van der Waals surface area contributed by atoms with E-state index in [4.69, 9.17) is 0 Å². The summed E-state index contributed by atoms with van der Waals surface area (Å²) in [5, 5.41) is 6.16. The fourth-order valence-corrected chi connectivity index (χ4v) is 3.59. The Bertz CT molecular complexity index is 289. The van der Waals surface area contributed by atoms with Gasteiger partial charge in [-0.25, -0.2) is 4.79 Å². The molecule has 2 amide bonds. The summed E-state index contributed by atoms with van der Waals surface area (Å²) < 4.78 is 0. The van der Waals surface area contributed by atoms with Crippen molar-refractivity contribution in [1.29, 1.82) is 0 Å². The van der Waals surface area contributed by atoms with Gasteiger partial charge in [0.2, 0.25) is 0 Å². The van der Waals surface area contributed by atoms with Gasteiger partial charge in [0.05, 0.1) is 0 Å². The molecule has 0 radical (unpaired) electrons. The fourth-order valence-electron chi connectivity index (χ4n) is 3.59. The molecule has 2 rings (SSSR count). The monoisotopic (exact) mass is 238 g/mol. The molecule has 0 aromatic carbocycles. The predicted octanol–water partition coefficient (Wildman–Crippen LogP) is 3.05. The van der Waals surface area contributed by atoms with Gasteiger partial charge in [-0.1, -0.05) is 27.7 Å². The first-order valence-electron chi connectivity index (χ1n) is 6.83. The van der Waals surface area contributed by atoms with Crippen LogP contribution in [0, 0.1) is 10.8 Å². The first-order chi connectivity index (χ1) is 7.76. The van der Waals surface area contributed by atoms with Crippen LogP contribution in [0.4, 0.5) is 4.79 Å². The minimum absolute atomic E-state index is 0.0333. The summed E-state index contributed by atoms with van der Waals surface area (Å²) in [5.41, 5.74) is 0.665. The summed E-state index contributed by atoms with van der Waals surface area (Å²) >= 11 is 0. The molecule has 0 aliphatic heterocycles. The number of amides is 2. The smallest absolute Gasteiger partial charge is 0.315 e. The third-order valence-corrected chi connectivity index (χ3v) is 3.80. The summed E-state index contributed by atoms with van der Waals surface area (Å²) in [7, 11) is 0.